The lowest BCUT2D eigenvalue weighted by Crippen LogP contribution is -2.22. The summed E-state index contributed by atoms with van der Waals surface area (Å²) in [5, 5.41) is 5.68. The summed E-state index contributed by atoms with van der Waals surface area (Å²) in [7, 11) is 0. The molecule has 0 amide bonds. The van der Waals surface area contributed by atoms with Gasteiger partial charge in [0.15, 0.2) is 11.5 Å². The van der Waals surface area contributed by atoms with E-state index < -0.39 is 0 Å². The Kier molecular flexibility index (Phi) is 4.38. The Morgan fingerprint density at radius 1 is 1.05 bits per heavy atom. The molecule has 1 aliphatic rings. The van der Waals surface area contributed by atoms with E-state index in [1.54, 1.807) is 11.3 Å². The van der Waals surface area contributed by atoms with Gasteiger partial charge in [-0.1, -0.05) is 17.7 Å². The Bertz CT molecular complexity index is 628. The molecule has 0 saturated carbocycles. The van der Waals surface area contributed by atoms with Gasteiger partial charge in [0.05, 0.1) is 4.34 Å². The minimum Gasteiger partial charge on any atom is -0.486 e. The molecule has 3 rings (SSSR count). The van der Waals surface area contributed by atoms with Crippen molar-refractivity contribution in [2.75, 3.05) is 13.2 Å². The van der Waals surface area contributed by atoms with Crippen LogP contribution >= 0.6 is 22.9 Å². The zero-order valence-corrected chi connectivity index (χ0v) is 13.6. The van der Waals surface area contributed by atoms with Crippen LogP contribution in [0.3, 0.4) is 0 Å². The first-order valence-corrected chi connectivity index (χ1v) is 8.29. The minimum absolute atomic E-state index is 0.217. The van der Waals surface area contributed by atoms with Crippen molar-refractivity contribution in [3.63, 3.8) is 0 Å². The number of ether oxygens (including phenoxy) is 2. The molecule has 1 aromatic carbocycles. The molecule has 3 nitrogen and oxygen atoms in total. The predicted octanol–water partition coefficient (Wildman–Crippen LogP) is 4.58. The van der Waals surface area contributed by atoms with E-state index in [0.717, 1.165) is 15.8 Å². The zero-order chi connectivity index (χ0) is 14.8. The Morgan fingerprint density at radius 2 is 1.76 bits per heavy atom. The fourth-order valence-electron chi connectivity index (χ4n) is 2.45. The van der Waals surface area contributed by atoms with E-state index in [0.29, 0.717) is 13.2 Å². The van der Waals surface area contributed by atoms with Crippen molar-refractivity contribution in [3.05, 3.63) is 45.1 Å². The Balaban J connectivity index is 1.71. The maximum Gasteiger partial charge on any atom is 0.161 e. The molecule has 112 valence electrons. The highest BCUT2D eigenvalue weighted by atomic mass is 35.5. The monoisotopic (exact) mass is 323 g/mol. The van der Waals surface area contributed by atoms with Crippen molar-refractivity contribution in [1.29, 1.82) is 0 Å². The molecule has 0 saturated heterocycles. The first-order valence-electron chi connectivity index (χ1n) is 7.03. The summed E-state index contributed by atoms with van der Waals surface area (Å²) in [6.45, 7) is 5.53. The molecule has 0 aliphatic carbocycles. The van der Waals surface area contributed by atoms with Crippen LogP contribution in [0, 0.1) is 0 Å². The predicted molar refractivity (Wildman–Crippen MR) is 86.7 cm³/mol. The lowest BCUT2D eigenvalue weighted by atomic mass is 10.1. The quantitative estimate of drug-likeness (QED) is 0.893. The van der Waals surface area contributed by atoms with Crippen LogP contribution in [-0.2, 0) is 0 Å². The van der Waals surface area contributed by atoms with Crippen LogP contribution in [0.4, 0.5) is 0 Å². The standard InChI is InChI=1S/C16H18ClNO2S/c1-10(18-11(2)13-8-16(17)21-9-13)12-3-4-14-15(7-12)20-6-5-19-14/h3-4,7-11,18H,5-6H2,1-2H3. The molecule has 2 heterocycles. The fraction of sp³-hybridized carbons (Fsp3) is 0.375. The van der Waals surface area contributed by atoms with Crippen molar-refractivity contribution in [2.45, 2.75) is 25.9 Å². The summed E-state index contributed by atoms with van der Waals surface area (Å²) in [5.41, 5.74) is 2.40. The molecule has 0 fully saturated rings. The van der Waals surface area contributed by atoms with Crippen LogP contribution in [0.2, 0.25) is 4.34 Å². The van der Waals surface area contributed by atoms with Crippen LogP contribution in [0.5, 0.6) is 11.5 Å². The molecule has 0 radical (unpaired) electrons. The molecule has 1 aromatic heterocycles. The normalized spacial score (nSPS) is 16.5. The highest BCUT2D eigenvalue weighted by Gasteiger charge is 2.16. The second-order valence-corrected chi connectivity index (χ2v) is 6.74. The number of thiophene rings is 1. The van der Waals surface area contributed by atoms with Crippen molar-refractivity contribution in [1.82, 2.24) is 5.32 Å². The summed E-state index contributed by atoms with van der Waals surface area (Å²) in [4.78, 5) is 0. The highest BCUT2D eigenvalue weighted by Crippen LogP contribution is 2.33. The molecule has 5 heteroatoms. The van der Waals surface area contributed by atoms with E-state index in [9.17, 15) is 0 Å². The lowest BCUT2D eigenvalue weighted by Gasteiger charge is -2.23. The third-order valence-electron chi connectivity index (χ3n) is 3.65. The Hall–Kier alpha value is -1.23. The molecule has 2 aromatic rings. The largest absolute Gasteiger partial charge is 0.486 e. The summed E-state index contributed by atoms with van der Waals surface area (Å²) < 4.78 is 12.0. The number of halogens is 1. The second-order valence-electron chi connectivity index (χ2n) is 5.20. The van der Waals surface area contributed by atoms with Gasteiger partial charge in [-0.05, 0) is 48.6 Å². The lowest BCUT2D eigenvalue weighted by molar-refractivity contribution is 0.171. The molecule has 2 atom stereocenters. The first-order chi connectivity index (χ1) is 10.1. The van der Waals surface area contributed by atoms with E-state index >= 15 is 0 Å². The van der Waals surface area contributed by atoms with Crippen molar-refractivity contribution in [2.24, 2.45) is 0 Å². The van der Waals surface area contributed by atoms with Gasteiger partial charge in [0.1, 0.15) is 13.2 Å². The number of hydrogen-bond acceptors (Lipinski definition) is 4. The second kappa shape index (κ2) is 6.26. The summed E-state index contributed by atoms with van der Waals surface area (Å²) in [6, 6.07) is 8.60. The molecule has 1 aliphatic heterocycles. The number of nitrogens with one attached hydrogen (secondary N) is 1. The fourth-order valence-corrected chi connectivity index (χ4v) is 3.43. The first kappa shape index (κ1) is 14.7. The van der Waals surface area contributed by atoms with Gasteiger partial charge >= 0.3 is 0 Å². The van der Waals surface area contributed by atoms with E-state index in [4.69, 9.17) is 21.1 Å². The molecule has 2 unspecified atom stereocenters. The van der Waals surface area contributed by atoms with Gasteiger partial charge in [-0.25, -0.2) is 0 Å². The van der Waals surface area contributed by atoms with E-state index in [-0.39, 0.29) is 12.1 Å². The van der Waals surface area contributed by atoms with Crippen LogP contribution < -0.4 is 14.8 Å². The molecular formula is C16H18ClNO2S. The SMILES string of the molecule is CC(NC(C)c1ccc2c(c1)OCCO2)c1csc(Cl)c1. The molecular weight excluding hydrogens is 306 g/mol. The summed E-state index contributed by atoms with van der Waals surface area (Å²) >= 11 is 7.56. The number of benzene rings is 1. The maximum absolute atomic E-state index is 6.00. The zero-order valence-electron chi connectivity index (χ0n) is 12.1. The molecule has 0 bridgehead atoms. The number of rotatable bonds is 4. The van der Waals surface area contributed by atoms with E-state index in [1.807, 2.05) is 12.1 Å². The average Bonchev–Trinajstić information content (AvgIpc) is 2.93. The van der Waals surface area contributed by atoms with Gasteiger partial charge in [-0.3, -0.25) is 0 Å². The summed E-state index contributed by atoms with van der Waals surface area (Å²) in [5.74, 6) is 1.66. The Labute approximate surface area is 133 Å². The van der Waals surface area contributed by atoms with Crippen LogP contribution in [0.25, 0.3) is 0 Å². The average molecular weight is 324 g/mol. The third-order valence-corrected chi connectivity index (χ3v) is 4.76. The highest BCUT2D eigenvalue weighted by molar-refractivity contribution is 7.14. The van der Waals surface area contributed by atoms with Crippen LogP contribution in [0.15, 0.2) is 29.6 Å². The van der Waals surface area contributed by atoms with Gasteiger partial charge in [-0.2, -0.15) is 0 Å². The van der Waals surface area contributed by atoms with Gasteiger partial charge < -0.3 is 14.8 Å². The van der Waals surface area contributed by atoms with Crippen molar-refractivity contribution < 1.29 is 9.47 Å². The third kappa shape index (κ3) is 3.34. The van der Waals surface area contributed by atoms with Gasteiger partial charge in [0, 0.05) is 12.1 Å². The van der Waals surface area contributed by atoms with E-state index in [2.05, 4.69) is 36.7 Å². The smallest absolute Gasteiger partial charge is 0.161 e. The molecule has 1 N–H and O–H groups in total. The summed E-state index contributed by atoms with van der Waals surface area (Å²) in [6.07, 6.45) is 0. The van der Waals surface area contributed by atoms with Crippen LogP contribution in [-0.4, -0.2) is 13.2 Å². The molecule has 21 heavy (non-hydrogen) atoms. The molecule has 0 spiro atoms. The topological polar surface area (TPSA) is 30.5 Å². The van der Waals surface area contributed by atoms with E-state index in [1.165, 1.54) is 11.1 Å². The van der Waals surface area contributed by atoms with Crippen molar-refractivity contribution >= 4 is 22.9 Å². The number of fused-ring (bicyclic) bond motifs is 1. The van der Waals surface area contributed by atoms with Crippen molar-refractivity contribution in [3.8, 4) is 11.5 Å². The van der Waals surface area contributed by atoms with Crippen LogP contribution in [0.1, 0.15) is 37.1 Å². The van der Waals surface area contributed by atoms with Gasteiger partial charge in [0.2, 0.25) is 0 Å². The number of hydrogen-bond donors (Lipinski definition) is 1. The Morgan fingerprint density at radius 3 is 2.48 bits per heavy atom. The van der Waals surface area contributed by atoms with Gasteiger partial charge in [-0.15, -0.1) is 11.3 Å². The van der Waals surface area contributed by atoms with Gasteiger partial charge in [0.25, 0.3) is 0 Å². The minimum atomic E-state index is 0.217. The maximum atomic E-state index is 6.00.